The lowest BCUT2D eigenvalue weighted by atomic mass is 9.99. The highest BCUT2D eigenvalue weighted by molar-refractivity contribution is 7.89. The zero-order chi connectivity index (χ0) is 12.8. The highest BCUT2D eigenvalue weighted by atomic mass is 32.2. The Morgan fingerprint density at radius 3 is 2.19 bits per heavy atom. The van der Waals surface area contributed by atoms with E-state index in [9.17, 15) is 8.42 Å². The first kappa shape index (κ1) is 15.9. The van der Waals surface area contributed by atoms with Crippen LogP contribution in [0.5, 0.6) is 0 Å². The minimum Gasteiger partial charge on any atom is -0.378 e. The van der Waals surface area contributed by atoms with Crippen molar-refractivity contribution in [2.45, 2.75) is 46.6 Å². The molecule has 2 unspecified atom stereocenters. The molecule has 0 aliphatic rings. The molecule has 0 rings (SSSR count). The Kier molecular flexibility index (Phi) is 7.19. The molecule has 16 heavy (non-hydrogen) atoms. The molecule has 4 nitrogen and oxygen atoms in total. The lowest BCUT2D eigenvalue weighted by Gasteiger charge is -2.22. The SMILES string of the molecule is CCCC(C)OCC(CS(N)(=O)=O)C(C)C. The zero-order valence-corrected chi connectivity index (χ0v) is 11.6. The van der Waals surface area contributed by atoms with Gasteiger partial charge in [0.15, 0.2) is 0 Å². The van der Waals surface area contributed by atoms with E-state index in [1.54, 1.807) is 0 Å². The highest BCUT2D eigenvalue weighted by Gasteiger charge is 2.20. The molecule has 0 aromatic rings. The van der Waals surface area contributed by atoms with Gasteiger partial charge in [0.1, 0.15) is 0 Å². The minimum atomic E-state index is -3.41. The third-order valence-electron chi connectivity index (χ3n) is 2.68. The molecule has 0 aliphatic heterocycles. The number of primary sulfonamides is 1. The molecule has 5 heteroatoms. The van der Waals surface area contributed by atoms with Crippen molar-refractivity contribution in [3.8, 4) is 0 Å². The number of ether oxygens (including phenoxy) is 1. The van der Waals surface area contributed by atoms with E-state index >= 15 is 0 Å². The lowest BCUT2D eigenvalue weighted by molar-refractivity contribution is 0.0296. The van der Waals surface area contributed by atoms with Gasteiger partial charge in [-0.25, -0.2) is 13.6 Å². The number of sulfonamides is 1. The molecule has 0 saturated heterocycles. The summed E-state index contributed by atoms with van der Waals surface area (Å²) in [6.07, 6.45) is 2.26. The summed E-state index contributed by atoms with van der Waals surface area (Å²) in [7, 11) is -3.41. The maximum absolute atomic E-state index is 11.0. The Balaban J connectivity index is 4.15. The maximum atomic E-state index is 11.0. The second-order valence-electron chi connectivity index (χ2n) is 4.77. The van der Waals surface area contributed by atoms with Crippen molar-refractivity contribution in [1.29, 1.82) is 0 Å². The summed E-state index contributed by atoms with van der Waals surface area (Å²) in [5.74, 6) is 0.241. The van der Waals surface area contributed by atoms with Crippen LogP contribution in [0.2, 0.25) is 0 Å². The molecule has 0 aromatic carbocycles. The summed E-state index contributed by atoms with van der Waals surface area (Å²) in [6, 6.07) is 0. The number of hydrogen-bond acceptors (Lipinski definition) is 3. The van der Waals surface area contributed by atoms with E-state index in [-0.39, 0.29) is 23.7 Å². The van der Waals surface area contributed by atoms with E-state index in [0.29, 0.717) is 6.61 Å². The molecule has 0 aromatic heterocycles. The van der Waals surface area contributed by atoms with Crippen LogP contribution in [0.25, 0.3) is 0 Å². The van der Waals surface area contributed by atoms with Crippen LogP contribution in [0.1, 0.15) is 40.5 Å². The third-order valence-corrected chi connectivity index (χ3v) is 3.57. The van der Waals surface area contributed by atoms with Gasteiger partial charge in [0.2, 0.25) is 10.0 Å². The van der Waals surface area contributed by atoms with Crippen LogP contribution in [-0.2, 0) is 14.8 Å². The number of rotatable bonds is 8. The Morgan fingerprint density at radius 2 is 1.81 bits per heavy atom. The first-order chi connectivity index (χ1) is 7.26. The number of hydrogen-bond donors (Lipinski definition) is 1. The largest absolute Gasteiger partial charge is 0.378 e. The first-order valence-electron chi connectivity index (χ1n) is 5.88. The van der Waals surface area contributed by atoms with E-state index < -0.39 is 10.0 Å². The van der Waals surface area contributed by atoms with E-state index in [4.69, 9.17) is 9.88 Å². The fraction of sp³-hybridized carbons (Fsp3) is 1.00. The highest BCUT2D eigenvalue weighted by Crippen LogP contribution is 2.14. The van der Waals surface area contributed by atoms with Gasteiger partial charge in [0.05, 0.1) is 18.5 Å². The third kappa shape index (κ3) is 8.07. The van der Waals surface area contributed by atoms with Crippen LogP contribution >= 0.6 is 0 Å². The minimum absolute atomic E-state index is 0.00348. The Morgan fingerprint density at radius 1 is 1.25 bits per heavy atom. The van der Waals surface area contributed by atoms with Gasteiger partial charge in [-0.15, -0.1) is 0 Å². The van der Waals surface area contributed by atoms with Crippen molar-refractivity contribution >= 4 is 10.0 Å². The smallest absolute Gasteiger partial charge is 0.209 e. The molecule has 98 valence electrons. The van der Waals surface area contributed by atoms with Gasteiger partial charge >= 0.3 is 0 Å². The summed E-state index contributed by atoms with van der Waals surface area (Å²) in [5, 5.41) is 5.06. The molecule has 0 aliphatic carbocycles. The van der Waals surface area contributed by atoms with Gasteiger partial charge in [-0.1, -0.05) is 27.2 Å². The van der Waals surface area contributed by atoms with Crippen molar-refractivity contribution in [2.24, 2.45) is 17.0 Å². The molecule has 0 heterocycles. The van der Waals surface area contributed by atoms with Gasteiger partial charge in [-0.2, -0.15) is 0 Å². The molecule has 0 spiro atoms. The van der Waals surface area contributed by atoms with Gasteiger partial charge in [-0.05, 0) is 25.2 Å². The van der Waals surface area contributed by atoms with Gasteiger partial charge in [0.25, 0.3) is 0 Å². The van der Waals surface area contributed by atoms with E-state index in [0.717, 1.165) is 12.8 Å². The molecular formula is C11H25NO3S. The van der Waals surface area contributed by atoms with E-state index in [2.05, 4.69) is 6.92 Å². The molecule has 0 amide bonds. The predicted molar refractivity (Wildman–Crippen MR) is 66.6 cm³/mol. The first-order valence-corrected chi connectivity index (χ1v) is 7.59. The molecule has 2 atom stereocenters. The van der Waals surface area contributed by atoms with Crippen molar-refractivity contribution in [3.63, 3.8) is 0 Å². The topological polar surface area (TPSA) is 69.4 Å². The Labute approximate surface area is 99.6 Å². The van der Waals surface area contributed by atoms with Crippen molar-refractivity contribution in [3.05, 3.63) is 0 Å². The van der Waals surface area contributed by atoms with Gasteiger partial charge < -0.3 is 4.74 Å². The molecule has 0 fully saturated rings. The lowest BCUT2D eigenvalue weighted by Crippen LogP contribution is -2.30. The van der Waals surface area contributed by atoms with Crippen molar-refractivity contribution in [1.82, 2.24) is 0 Å². The summed E-state index contributed by atoms with van der Waals surface area (Å²) in [5.41, 5.74) is 0. The Bertz CT molecular complexity index is 275. The summed E-state index contributed by atoms with van der Waals surface area (Å²) in [6.45, 7) is 8.56. The van der Waals surface area contributed by atoms with Crippen LogP contribution in [0.15, 0.2) is 0 Å². The Hall–Kier alpha value is -0.130. The second kappa shape index (κ2) is 7.25. The summed E-state index contributed by atoms with van der Waals surface area (Å²) >= 11 is 0. The van der Waals surface area contributed by atoms with Crippen LogP contribution < -0.4 is 5.14 Å². The number of nitrogens with two attached hydrogens (primary N) is 1. The zero-order valence-electron chi connectivity index (χ0n) is 10.8. The summed E-state index contributed by atoms with van der Waals surface area (Å²) < 4.78 is 27.7. The standard InChI is InChI=1S/C11H25NO3S/c1-5-6-10(4)15-7-11(9(2)3)8-16(12,13)14/h9-11H,5-8H2,1-4H3,(H2,12,13,14). The average molecular weight is 251 g/mol. The fourth-order valence-corrected chi connectivity index (χ4v) is 2.59. The molecule has 0 bridgehead atoms. The second-order valence-corrected chi connectivity index (χ2v) is 6.43. The maximum Gasteiger partial charge on any atom is 0.209 e. The quantitative estimate of drug-likeness (QED) is 0.714. The fourth-order valence-electron chi connectivity index (χ4n) is 1.51. The van der Waals surface area contributed by atoms with E-state index in [1.807, 2.05) is 20.8 Å². The molecular weight excluding hydrogens is 226 g/mol. The van der Waals surface area contributed by atoms with E-state index in [1.165, 1.54) is 0 Å². The van der Waals surface area contributed by atoms with Crippen molar-refractivity contribution in [2.75, 3.05) is 12.4 Å². The average Bonchev–Trinajstić information content (AvgIpc) is 2.10. The molecule has 0 radical (unpaired) electrons. The predicted octanol–water partition coefficient (Wildman–Crippen LogP) is 1.75. The van der Waals surface area contributed by atoms with Crippen LogP contribution in [0, 0.1) is 11.8 Å². The normalized spacial score (nSPS) is 16.4. The van der Waals surface area contributed by atoms with Crippen LogP contribution in [0.3, 0.4) is 0 Å². The van der Waals surface area contributed by atoms with Gasteiger partial charge in [-0.3, -0.25) is 0 Å². The summed E-state index contributed by atoms with van der Waals surface area (Å²) in [4.78, 5) is 0. The van der Waals surface area contributed by atoms with Crippen LogP contribution in [0.4, 0.5) is 0 Å². The van der Waals surface area contributed by atoms with Crippen molar-refractivity contribution < 1.29 is 13.2 Å². The molecule has 2 N–H and O–H groups in total. The van der Waals surface area contributed by atoms with Crippen LogP contribution in [-0.4, -0.2) is 26.9 Å². The molecule has 0 saturated carbocycles. The van der Waals surface area contributed by atoms with Gasteiger partial charge in [0, 0.05) is 0 Å². The monoisotopic (exact) mass is 251 g/mol.